The van der Waals surface area contributed by atoms with Gasteiger partial charge in [-0.1, -0.05) is 44.2 Å². The van der Waals surface area contributed by atoms with E-state index in [1.807, 2.05) is 12.3 Å². The van der Waals surface area contributed by atoms with E-state index in [0.717, 1.165) is 36.6 Å². The summed E-state index contributed by atoms with van der Waals surface area (Å²) in [5.74, 6) is 1.53. The smallest absolute Gasteiger partial charge is 0.250 e. The molecule has 0 fully saturated rings. The SMILES string of the molecule is CCNC(=NCc1ccc(Cn2ccccc2=O)cc1)NCCC(C)C.I. The van der Waals surface area contributed by atoms with E-state index in [1.165, 1.54) is 0 Å². The molecule has 5 nitrogen and oxygen atoms in total. The summed E-state index contributed by atoms with van der Waals surface area (Å²) >= 11 is 0. The van der Waals surface area contributed by atoms with Crippen LogP contribution in [0.15, 0.2) is 58.4 Å². The number of nitrogens with zero attached hydrogens (tertiary/aromatic N) is 2. The van der Waals surface area contributed by atoms with Crippen LogP contribution in [0.5, 0.6) is 0 Å². The van der Waals surface area contributed by atoms with Gasteiger partial charge in [0.15, 0.2) is 5.96 Å². The van der Waals surface area contributed by atoms with Crippen molar-refractivity contribution in [1.29, 1.82) is 0 Å². The van der Waals surface area contributed by atoms with Gasteiger partial charge in [0.2, 0.25) is 0 Å². The van der Waals surface area contributed by atoms with Crippen LogP contribution in [0.2, 0.25) is 0 Å². The molecule has 1 aromatic heterocycles. The largest absolute Gasteiger partial charge is 0.357 e. The minimum atomic E-state index is 0. The summed E-state index contributed by atoms with van der Waals surface area (Å²) in [5, 5.41) is 6.65. The second-order valence-electron chi connectivity index (χ2n) is 6.79. The van der Waals surface area contributed by atoms with E-state index < -0.39 is 0 Å². The first kappa shape index (κ1) is 23.2. The highest BCUT2D eigenvalue weighted by atomic mass is 127. The van der Waals surface area contributed by atoms with Gasteiger partial charge in [0, 0.05) is 25.4 Å². The minimum Gasteiger partial charge on any atom is -0.357 e. The normalized spacial score (nSPS) is 11.2. The molecule has 0 saturated heterocycles. The number of hydrogen-bond donors (Lipinski definition) is 2. The molecule has 0 atom stereocenters. The molecule has 148 valence electrons. The topological polar surface area (TPSA) is 58.4 Å². The first-order valence-electron chi connectivity index (χ1n) is 9.34. The molecule has 0 spiro atoms. The van der Waals surface area contributed by atoms with Crippen LogP contribution in [0.3, 0.4) is 0 Å². The third kappa shape index (κ3) is 8.60. The van der Waals surface area contributed by atoms with Crippen molar-refractivity contribution >= 4 is 29.9 Å². The number of rotatable bonds is 8. The molecule has 0 unspecified atom stereocenters. The van der Waals surface area contributed by atoms with Gasteiger partial charge in [-0.05, 0) is 36.5 Å². The molecule has 0 bridgehead atoms. The number of nitrogens with one attached hydrogen (secondary N) is 2. The Kier molecular flexibility index (Phi) is 10.8. The Hall–Kier alpha value is -1.83. The molecule has 2 N–H and O–H groups in total. The summed E-state index contributed by atoms with van der Waals surface area (Å²) in [5.41, 5.74) is 2.27. The summed E-state index contributed by atoms with van der Waals surface area (Å²) in [6.45, 7) is 9.49. The summed E-state index contributed by atoms with van der Waals surface area (Å²) in [4.78, 5) is 16.4. The zero-order chi connectivity index (χ0) is 18.8. The molecule has 1 heterocycles. The van der Waals surface area contributed by atoms with Crippen molar-refractivity contribution in [1.82, 2.24) is 15.2 Å². The first-order valence-corrected chi connectivity index (χ1v) is 9.34. The molecule has 0 aliphatic heterocycles. The molecule has 6 heteroatoms. The molecular weight excluding hydrogens is 451 g/mol. The molecule has 0 aliphatic rings. The Morgan fingerprint density at radius 1 is 1.07 bits per heavy atom. The van der Waals surface area contributed by atoms with Crippen molar-refractivity contribution in [3.63, 3.8) is 0 Å². The van der Waals surface area contributed by atoms with Gasteiger partial charge in [0.1, 0.15) is 0 Å². The van der Waals surface area contributed by atoms with Crippen LogP contribution in [-0.4, -0.2) is 23.6 Å². The monoisotopic (exact) mass is 482 g/mol. The van der Waals surface area contributed by atoms with Crippen LogP contribution in [0.4, 0.5) is 0 Å². The van der Waals surface area contributed by atoms with Gasteiger partial charge in [-0.15, -0.1) is 24.0 Å². The summed E-state index contributed by atoms with van der Waals surface area (Å²) in [7, 11) is 0. The fourth-order valence-corrected chi connectivity index (χ4v) is 2.53. The van der Waals surface area contributed by atoms with Crippen LogP contribution in [0, 0.1) is 5.92 Å². The third-order valence-electron chi connectivity index (χ3n) is 4.05. The van der Waals surface area contributed by atoms with Gasteiger partial charge >= 0.3 is 0 Å². The first-order chi connectivity index (χ1) is 12.6. The van der Waals surface area contributed by atoms with Crippen LogP contribution in [-0.2, 0) is 13.1 Å². The predicted octanol–water partition coefficient (Wildman–Crippen LogP) is 3.62. The lowest BCUT2D eigenvalue weighted by atomic mass is 10.1. The minimum absolute atomic E-state index is 0. The van der Waals surface area contributed by atoms with Gasteiger partial charge in [-0.3, -0.25) is 4.79 Å². The number of pyridine rings is 1. The highest BCUT2D eigenvalue weighted by molar-refractivity contribution is 14.0. The molecule has 0 saturated carbocycles. The Bertz CT molecular complexity index is 753. The van der Waals surface area contributed by atoms with E-state index in [9.17, 15) is 4.79 Å². The molecule has 2 rings (SSSR count). The maximum absolute atomic E-state index is 11.8. The van der Waals surface area contributed by atoms with E-state index in [0.29, 0.717) is 19.0 Å². The van der Waals surface area contributed by atoms with E-state index >= 15 is 0 Å². The highest BCUT2D eigenvalue weighted by Gasteiger charge is 2.00. The summed E-state index contributed by atoms with van der Waals surface area (Å²) < 4.78 is 1.70. The fourth-order valence-electron chi connectivity index (χ4n) is 2.53. The number of hydrogen-bond acceptors (Lipinski definition) is 2. The van der Waals surface area contributed by atoms with E-state index in [2.05, 4.69) is 60.7 Å². The lowest BCUT2D eigenvalue weighted by molar-refractivity contribution is 0.573. The second kappa shape index (κ2) is 12.5. The number of aromatic nitrogens is 1. The lowest BCUT2D eigenvalue weighted by Gasteiger charge is -2.12. The molecule has 0 amide bonds. The predicted molar refractivity (Wildman–Crippen MR) is 124 cm³/mol. The van der Waals surface area contributed by atoms with E-state index in [1.54, 1.807) is 16.7 Å². The van der Waals surface area contributed by atoms with Crippen LogP contribution < -0.4 is 16.2 Å². The van der Waals surface area contributed by atoms with Gasteiger partial charge in [-0.2, -0.15) is 0 Å². The average Bonchev–Trinajstić information content (AvgIpc) is 2.62. The zero-order valence-corrected chi connectivity index (χ0v) is 18.8. The lowest BCUT2D eigenvalue weighted by Crippen LogP contribution is -2.38. The van der Waals surface area contributed by atoms with Crippen LogP contribution in [0.25, 0.3) is 0 Å². The van der Waals surface area contributed by atoms with Crippen molar-refractivity contribution in [2.24, 2.45) is 10.9 Å². The second-order valence-corrected chi connectivity index (χ2v) is 6.79. The van der Waals surface area contributed by atoms with Crippen molar-refractivity contribution in [3.8, 4) is 0 Å². The van der Waals surface area contributed by atoms with Crippen molar-refractivity contribution in [2.75, 3.05) is 13.1 Å². The standard InChI is InChI=1S/C21H30N4O.HI/c1-4-22-21(23-13-12-17(2)3)24-15-18-8-10-19(11-9-18)16-25-14-6-5-7-20(25)26;/h5-11,14,17H,4,12-13,15-16H2,1-3H3,(H2,22,23,24);1H. The molecule has 2 aromatic rings. The van der Waals surface area contributed by atoms with Crippen molar-refractivity contribution < 1.29 is 0 Å². The molecule has 0 radical (unpaired) electrons. The Balaban J connectivity index is 0.00000364. The highest BCUT2D eigenvalue weighted by Crippen LogP contribution is 2.07. The van der Waals surface area contributed by atoms with Gasteiger partial charge in [-0.25, -0.2) is 4.99 Å². The third-order valence-corrected chi connectivity index (χ3v) is 4.05. The van der Waals surface area contributed by atoms with Gasteiger partial charge in [0.25, 0.3) is 5.56 Å². The van der Waals surface area contributed by atoms with Crippen LogP contribution in [0.1, 0.15) is 38.3 Å². The Morgan fingerprint density at radius 2 is 1.78 bits per heavy atom. The number of guanidine groups is 1. The molecule has 27 heavy (non-hydrogen) atoms. The van der Waals surface area contributed by atoms with E-state index in [4.69, 9.17) is 0 Å². The van der Waals surface area contributed by atoms with E-state index in [-0.39, 0.29) is 29.5 Å². The molecular formula is C21H31IN4O. The molecule has 1 aromatic carbocycles. The van der Waals surface area contributed by atoms with Crippen molar-refractivity contribution in [3.05, 3.63) is 70.1 Å². The van der Waals surface area contributed by atoms with Crippen LogP contribution >= 0.6 is 24.0 Å². The summed E-state index contributed by atoms with van der Waals surface area (Å²) in [6.07, 6.45) is 2.93. The Morgan fingerprint density at radius 3 is 2.41 bits per heavy atom. The number of halogens is 1. The Labute approximate surface area is 179 Å². The van der Waals surface area contributed by atoms with Crippen molar-refractivity contribution in [2.45, 2.75) is 40.3 Å². The fraction of sp³-hybridized carbons (Fsp3) is 0.429. The quantitative estimate of drug-likeness (QED) is 0.344. The maximum atomic E-state index is 11.8. The molecule has 0 aliphatic carbocycles. The zero-order valence-electron chi connectivity index (χ0n) is 16.4. The number of benzene rings is 1. The summed E-state index contributed by atoms with van der Waals surface area (Å²) in [6, 6.07) is 13.5. The maximum Gasteiger partial charge on any atom is 0.250 e. The average molecular weight is 482 g/mol. The van der Waals surface area contributed by atoms with Gasteiger partial charge in [0.05, 0.1) is 13.1 Å². The number of aliphatic imine (C=N–C) groups is 1. The van der Waals surface area contributed by atoms with Gasteiger partial charge < -0.3 is 15.2 Å².